The molecule has 3 atom stereocenters. The molecule has 2 aromatic carbocycles. The second-order valence-corrected chi connectivity index (χ2v) is 8.91. The van der Waals surface area contributed by atoms with Gasteiger partial charge >= 0.3 is 0 Å². The Hall–Kier alpha value is -2.98. The van der Waals surface area contributed by atoms with E-state index in [2.05, 4.69) is 72.6 Å². The van der Waals surface area contributed by atoms with E-state index in [4.69, 9.17) is 14.2 Å². The van der Waals surface area contributed by atoms with Crippen molar-refractivity contribution in [1.82, 2.24) is 4.90 Å². The van der Waals surface area contributed by atoms with Gasteiger partial charge in [-0.3, -0.25) is 4.90 Å². The van der Waals surface area contributed by atoms with Gasteiger partial charge in [0.25, 0.3) is 0 Å². The Morgan fingerprint density at radius 3 is 2.68 bits per heavy atom. The van der Waals surface area contributed by atoms with Gasteiger partial charge < -0.3 is 14.2 Å². The predicted octanol–water partition coefficient (Wildman–Crippen LogP) is 4.51. The van der Waals surface area contributed by atoms with Crippen LogP contribution in [-0.2, 0) is 16.6 Å². The summed E-state index contributed by atoms with van der Waals surface area (Å²) in [6.45, 7) is 1.04. The van der Waals surface area contributed by atoms with E-state index in [1.165, 1.54) is 27.8 Å². The molecule has 1 saturated heterocycles. The van der Waals surface area contributed by atoms with Crippen LogP contribution in [0.15, 0.2) is 71.5 Å². The molecule has 0 N–H and O–H groups in total. The molecule has 158 valence electrons. The molecule has 0 amide bonds. The number of likely N-dealkylation sites (N-methyl/N-ethyl adjacent to an activating group) is 1. The van der Waals surface area contributed by atoms with E-state index in [1.54, 1.807) is 14.2 Å². The van der Waals surface area contributed by atoms with Crippen LogP contribution in [0.4, 0.5) is 0 Å². The molecule has 1 fully saturated rings. The van der Waals surface area contributed by atoms with Gasteiger partial charge in [-0.15, -0.1) is 0 Å². The van der Waals surface area contributed by atoms with E-state index in [0.29, 0.717) is 6.04 Å². The third kappa shape index (κ3) is 2.45. The van der Waals surface area contributed by atoms with Crippen molar-refractivity contribution in [3.8, 4) is 11.5 Å². The summed E-state index contributed by atoms with van der Waals surface area (Å²) in [6.07, 6.45) is 8.52. The Bertz CT molecular complexity index is 1150. The minimum Gasteiger partial charge on any atom is -0.497 e. The maximum atomic E-state index is 6.66. The smallest absolute Gasteiger partial charge is 0.169 e. The summed E-state index contributed by atoms with van der Waals surface area (Å²) >= 11 is 0. The zero-order valence-electron chi connectivity index (χ0n) is 18.2. The zero-order chi connectivity index (χ0) is 21.2. The fourth-order valence-corrected chi connectivity index (χ4v) is 6.16. The summed E-state index contributed by atoms with van der Waals surface area (Å²) in [6, 6.07) is 15.1. The number of allylic oxidation sites excluding steroid dienone is 3. The van der Waals surface area contributed by atoms with Crippen LogP contribution >= 0.6 is 0 Å². The Kier molecular flexibility index (Phi) is 4.09. The van der Waals surface area contributed by atoms with Gasteiger partial charge in [0.05, 0.1) is 19.6 Å². The molecule has 0 saturated carbocycles. The van der Waals surface area contributed by atoms with E-state index in [0.717, 1.165) is 36.6 Å². The van der Waals surface area contributed by atoms with E-state index >= 15 is 0 Å². The molecule has 31 heavy (non-hydrogen) atoms. The van der Waals surface area contributed by atoms with Crippen molar-refractivity contribution in [2.75, 3.05) is 27.8 Å². The first-order valence-electron chi connectivity index (χ1n) is 11.0. The predicted molar refractivity (Wildman–Crippen MR) is 121 cm³/mol. The van der Waals surface area contributed by atoms with Gasteiger partial charge in [0.2, 0.25) is 0 Å². The van der Waals surface area contributed by atoms with Crippen LogP contribution in [0.25, 0.3) is 6.08 Å². The molecule has 0 unspecified atom stereocenters. The number of piperidine rings is 1. The molecule has 0 radical (unpaired) electrons. The number of benzene rings is 2. The van der Waals surface area contributed by atoms with Gasteiger partial charge in [-0.25, -0.2) is 0 Å². The van der Waals surface area contributed by atoms with Crippen molar-refractivity contribution in [3.05, 3.63) is 88.2 Å². The van der Waals surface area contributed by atoms with Crippen molar-refractivity contribution < 1.29 is 14.2 Å². The topological polar surface area (TPSA) is 30.9 Å². The number of ether oxygens (including phenoxy) is 3. The number of nitrogens with zero attached hydrogens (tertiary/aromatic N) is 1. The molecule has 4 nitrogen and oxygen atoms in total. The van der Waals surface area contributed by atoms with Crippen LogP contribution in [0, 0.1) is 0 Å². The third-order valence-electron chi connectivity index (χ3n) is 7.53. The lowest BCUT2D eigenvalue weighted by atomic mass is 9.56. The summed E-state index contributed by atoms with van der Waals surface area (Å²) in [5, 5.41) is 0. The maximum Gasteiger partial charge on any atom is 0.169 e. The zero-order valence-corrected chi connectivity index (χ0v) is 18.2. The number of methoxy groups -OCH3 is 2. The van der Waals surface area contributed by atoms with Crippen molar-refractivity contribution in [3.63, 3.8) is 0 Å². The van der Waals surface area contributed by atoms with E-state index in [9.17, 15) is 0 Å². The van der Waals surface area contributed by atoms with Crippen molar-refractivity contribution in [1.29, 1.82) is 0 Å². The third-order valence-corrected chi connectivity index (χ3v) is 7.53. The van der Waals surface area contributed by atoms with Gasteiger partial charge in [-0.05, 0) is 60.8 Å². The molecular formula is C27H27NO3. The van der Waals surface area contributed by atoms with E-state index in [1.807, 2.05) is 0 Å². The van der Waals surface area contributed by atoms with Crippen molar-refractivity contribution in [2.45, 2.75) is 30.4 Å². The van der Waals surface area contributed by atoms with Crippen LogP contribution < -0.4 is 9.47 Å². The summed E-state index contributed by atoms with van der Waals surface area (Å²) < 4.78 is 18.3. The molecule has 2 bridgehead atoms. The van der Waals surface area contributed by atoms with Gasteiger partial charge in [-0.1, -0.05) is 48.6 Å². The maximum absolute atomic E-state index is 6.66. The van der Waals surface area contributed by atoms with Crippen LogP contribution in [0.3, 0.4) is 0 Å². The first-order valence-corrected chi connectivity index (χ1v) is 11.0. The molecule has 0 aromatic heterocycles. The average Bonchev–Trinajstić information content (AvgIpc) is 3.15. The van der Waals surface area contributed by atoms with Crippen LogP contribution in [0.2, 0.25) is 0 Å². The molecule has 2 heterocycles. The lowest BCUT2D eigenvalue weighted by molar-refractivity contribution is 0.0724. The van der Waals surface area contributed by atoms with Crippen LogP contribution in [-0.4, -0.2) is 44.9 Å². The highest BCUT2D eigenvalue weighted by molar-refractivity contribution is 5.71. The van der Waals surface area contributed by atoms with Gasteiger partial charge in [0.1, 0.15) is 5.76 Å². The molecule has 6 rings (SSSR count). The summed E-state index contributed by atoms with van der Waals surface area (Å²) in [5.41, 5.74) is 6.43. The molecule has 2 aliphatic carbocycles. The normalized spacial score (nSPS) is 28.3. The second-order valence-electron chi connectivity index (χ2n) is 8.91. The van der Waals surface area contributed by atoms with Gasteiger partial charge in [-0.2, -0.15) is 0 Å². The minimum atomic E-state index is -0.189. The summed E-state index contributed by atoms with van der Waals surface area (Å²) in [5.74, 6) is 2.61. The Morgan fingerprint density at radius 2 is 1.90 bits per heavy atom. The van der Waals surface area contributed by atoms with Gasteiger partial charge in [0.15, 0.2) is 17.6 Å². The Labute approximate surface area is 183 Å². The first-order chi connectivity index (χ1) is 15.2. The van der Waals surface area contributed by atoms with Crippen LogP contribution in [0.5, 0.6) is 11.5 Å². The number of hydrogen-bond donors (Lipinski definition) is 0. The lowest BCUT2D eigenvalue weighted by Crippen LogP contribution is -2.59. The van der Waals surface area contributed by atoms with E-state index < -0.39 is 0 Å². The highest BCUT2D eigenvalue weighted by atomic mass is 16.6. The average molecular weight is 414 g/mol. The molecule has 2 aliphatic heterocycles. The number of likely N-dealkylation sites (tertiary alicyclic amines) is 1. The highest BCUT2D eigenvalue weighted by Gasteiger charge is 2.63. The summed E-state index contributed by atoms with van der Waals surface area (Å²) in [4.78, 5) is 2.50. The Balaban J connectivity index is 1.62. The van der Waals surface area contributed by atoms with Crippen molar-refractivity contribution >= 4 is 6.08 Å². The minimum absolute atomic E-state index is 0.136. The number of rotatable bonds is 4. The lowest BCUT2D eigenvalue weighted by Gasteiger charge is -2.53. The second kappa shape index (κ2) is 6.76. The van der Waals surface area contributed by atoms with Gasteiger partial charge in [0, 0.05) is 11.6 Å². The van der Waals surface area contributed by atoms with E-state index in [-0.39, 0.29) is 11.5 Å². The molecule has 1 spiro atoms. The fourth-order valence-electron chi connectivity index (χ4n) is 6.16. The molecular weight excluding hydrogens is 386 g/mol. The van der Waals surface area contributed by atoms with Crippen LogP contribution in [0.1, 0.15) is 23.1 Å². The number of hydrogen-bond acceptors (Lipinski definition) is 4. The fraction of sp³-hybridized carbons (Fsp3) is 0.333. The Morgan fingerprint density at radius 1 is 1.06 bits per heavy atom. The first kappa shape index (κ1) is 18.8. The quantitative estimate of drug-likeness (QED) is 0.738. The monoisotopic (exact) mass is 413 g/mol. The SMILES string of the molecule is COC1=CC(/C=C/c2ccccc2)=C2[C@H]3Cc4ccc(OC)c5c4[C@@]2(CCN3C)[C@H]1O5. The molecule has 2 aromatic rings. The summed E-state index contributed by atoms with van der Waals surface area (Å²) in [7, 11) is 5.73. The molecule has 4 aliphatic rings. The van der Waals surface area contributed by atoms with Crippen molar-refractivity contribution in [2.24, 2.45) is 0 Å². The highest BCUT2D eigenvalue weighted by Crippen LogP contribution is 2.63. The standard InChI is InChI=1S/C27H27NO3/c1-28-14-13-27-23-19(10-9-17-7-5-4-6-8-17)16-22(30-3)26(27)31-25-21(29-2)12-11-18(24(25)27)15-20(23)28/h4-12,16,20,26H,13-15H2,1-3H3/b10-9+/t20-,26+,27+/m1/s1. The largest absolute Gasteiger partial charge is 0.497 e. The molecule has 4 heteroatoms.